The smallest absolute Gasteiger partial charge is 0.253 e. The molecule has 0 bridgehead atoms. The lowest BCUT2D eigenvalue weighted by molar-refractivity contribution is -0.114. The fourth-order valence-corrected chi connectivity index (χ4v) is 3.82. The highest BCUT2D eigenvalue weighted by Gasteiger charge is 2.15. The summed E-state index contributed by atoms with van der Waals surface area (Å²) in [7, 11) is -3.58. The van der Waals surface area contributed by atoms with Crippen LogP contribution in [0.15, 0.2) is 47.4 Å². The second kappa shape index (κ2) is 10.3. The molecular weight excluding hydrogens is 417 g/mol. The van der Waals surface area contributed by atoms with Gasteiger partial charge in [0, 0.05) is 24.1 Å². The average Bonchev–Trinajstić information content (AvgIpc) is 2.62. The van der Waals surface area contributed by atoms with E-state index >= 15 is 0 Å². The Bertz CT molecular complexity index is 979. The molecule has 0 spiro atoms. The van der Waals surface area contributed by atoms with Crippen LogP contribution in [0.1, 0.15) is 23.7 Å². The largest absolute Gasteiger partial charge is 0.352 e. The zero-order valence-electron chi connectivity index (χ0n) is 16.0. The third-order valence-electron chi connectivity index (χ3n) is 3.57. The maximum atomic E-state index is 12.9. The van der Waals surface area contributed by atoms with Crippen LogP contribution in [-0.2, 0) is 14.8 Å². The van der Waals surface area contributed by atoms with Gasteiger partial charge in [0.2, 0.25) is 15.9 Å². The monoisotopic (exact) mass is 439 g/mol. The average molecular weight is 440 g/mol. The van der Waals surface area contributed by atoms with Crippen LogP contribution in [0.4, 0.5) is 15.8 Å². The number of hydrogen-bond donors (Lipinski definition) is 3. The van der Waals surface area contributed by atoms with Crippen LogP contribution in [0.3, 0.4) is 0 Å². The van der Waals surface area contributed by atoms with Crippen LogP contribution >= 0.6 is 11.8 Å². The first-order chi connectivity index (χ1) is 13.6. The van der Waals surface area contributed by atoms with Gasteiger partial charge in [-0.1, -0.05) is 0 Å². The molecule has 29 heavy (non-hydrogen) atoms. The van der Waals surface area contributed by atoms with E-state index in [1.807, 2.05) is 0 Å². The molecule has 0 fully saturated rings. The van der Waals surface area contributed by atoms with Crippen LogP contribution in [0.5, 0.6) is 0 Å². The quantitative estimate of drug-likeness (QED) is 0.411. The number of nitrogens with one attached hydrogen (secondary N) is 3. The van der Waals surface area contributed by atoms with Crippen LogP contribution in [-0.4, -0.2) is 38.8 Å². The summed E-state index contributed by atoms with van der Waals surface area (Å²) in [5.41, 5.74) is 0.612. The van der Waals surface area contributed by atoms with Crippen molar-refractivity contribution in [3.8, 4) is 0 Å². The summed E-state index contributed by atoms with van der Waals surface area (Å²) in [6, 6.07) is 10.5. The Labute approximate surface area is 173 Å². The normalized spacial score (nSPS) is 11.0. The zero-order valence-corrected chi connectivity index (χ0v) is 17.6. The summed E-state index contributed by atoms with van der Waals surface area (Å²) in [6.07, 6.45) is 1.65. The summed E-state index contributed by atoms with van der Waals surface area (Å²) in [5, 5.41) is 5.30. The van der Waals surface area contributed by atoms with E-state index in [2.05, 4.69) is 15.4 Å². The van der Waals surface area contributed by atoms with Crippen molar-refractivity contribution in [1.29, 1.82) is 0 Å². The van der Waals surface area contributed by atoms with Gasteiger partial charge < -0.3 is 10.6 Å². The molecule has 2 rings (SSSR count). The SMILES string of the molecule is CC(=O)Nc1ccc(NS(C)(=O)=O)c(C(=O)NCCCSc2ccc(F)cc2)c1. The summed E-state index contributed by atoms with van der Waals surface area (Å²) < 4.78 is 38.3. The molecule has 0 unspecified atom stereocenters. The van der Waals surface area contributed by atoms with Gasteiger partial charge in [0.05, 0.1) is 17.5 Å². The van der Waals surface area contributed by atoms with Crippen molar-refractivity contribution in [3.63, 3.8) is 0 Å². The van der Waals surface area contributed by atoms with Gasteiger partial charge in [-0.05, 0) is 54.6 Å². The van der Waals surface area contributed by atoms with Crippen LogP contribution < -0.4 is 15.4 Å². The van der Waals surface area contributed by atoms with Gasteiger partial charge in [-0.2, -0.15) is 0 Å². The molecule has 10 heteroatoms. The molecule has 0 heterocycles. The summed E-state index contributed by atoms with van der Waals surface area (Å²) in [5.74, 6) is -0.346. The predicted octanol–water partition coefficient (Wildman–Crippen LogP) is 3.07. The molecule has 2 amide bonds. The molecule has 7 nitrogen and oxygen atoms in total. The summed E-state index contributed by atoms with van der Waals surface area (Å²) in [4.78, 5) is 24.7. The fraction of sp³-hybridized carbons (Fsp3) is 0.263. The van der Waals surface area contributed by atoms with Crippen molar-refractivity contribution in [1.82, 2.24) is 5.32 Å². The number of halogens is 1. The number of amides is 2. The molecule has 3 N–H and O–H groups in total. The first-order valence-corrected chi connectivity index (χ1v) is 11.6. The Hall–Kier alpha value is -2.59. The van der Waals surface area contributed by atoms with E-state index in [0.717, 1.165) is 11.2 Å². The van der Waals surface area contributed by atoms with Crippen molar-refractivity contribution in [2.45, 2.75) is 18.2 Å². The molecule has 0 saturated heterocycles. The second-order valence-electron chi connectivity index (χ2n) is 6.23. The van der Waals surface area contributed by atoms with Crippen molar-refractivity contribution in [3.05, 3.63) is 53.8 Å². The molecule has 0 aliphatic heterocycles. The molecular formula is C19H22FN3O4S2. The van der Waals surface area contributed by atoms with Gasteiger partial charge >= 0.3 is 0 Å². The Kier molecular flexibility index (Phi) is 8.03. The minimum atomic E-state index is -3.58. The lowest BCUT2D eigenvalue weighted by Crippen LogP contribution is -2.26. The summed E-state index contributed by atoms with van der Waals surface area (Å²) >= 11 is 1.54. The molecule has 0 aromatic heterocycles. The van der Waals surface area contributed by atoms with Crippen LogP contribution in [0.25, 0.3) is 0 Å². The first-order valence-electron chi connectivity index (χ1n) is 8.70. The van der Waals surface area contributed by atoms with E-state index in [1.54, 1.807) is 12.1 Å². The second-order valence-corrected chi connectivity index (χ2v) is 9.14. The molecule has 0 radical (unpaired) electrons. The lowest BCUT2D eigenvalue weighted by atomic mass is 10.1. The molecule has 2 aromatic rings. The molecule has 0 atom stereocenters. The summed E-state index contributed by atoms with van der Waals surface area (Å²) in [6.45, 7) is 1.71. The van der Waals surface area contributed by atoms with Gasteiger partial charge in [0.25, 0.3) is 5.91 Å². The van der Waals surface area contributed by atoms with E-state index in [1.165, 1.54) is 49.0 Å². The lowest BCUT2D eigenvalue weighted by Gasteiger charge is -2.13. The maximum absolute atomic E-state index is 12.9. The highest BCUT2D eigenvalue weighted by molar-refractivity contribution is 7.99. The number of sulfonamides is 1. The van der Waals surface area contributed by atoms with E-state index in [0.29, 0.717) is 24.4 Å². The fourth-order valence-electron chi connectivity index (χ4n) is 2.39. The number of carbonyl (C=O) groups is 2. The van der Waals surface area contributed by atoms with Gasteiger partial charge in [0.15, 0.2) is 0 Å². The van der Waals surface area contributed by atoms with E-state index < -0.39 is 15.9 Å². The standard InChI is InChI=1S/C19H22FN3O4S2/c1-13(24)22-15-6-9-18(23-29(2,26)27)17(12-15)19(25)21-10-3-11-28-16-7-4-14(20)5-8-16/h4-9,12,23H,3,10-11H2,1-2H3,(H,21,25)(H,22,24). The Morgan fingerprint density at radius 2 is 1.79 bits per heavy atom. The van der Waals surface area contributed by atoms with Crippen LogP contribution in [0, 0.1) is 5.82 Å². The Morgan fingerprint density at radius 3 is 2.41 bits per heavy atom. The van der Waals surface area contributed by atoms with Gasteiger partial charge in [-0.3, -0.25) is 14.3 Å². The van der Waals surface area contributed by atoms with Crippen molar-refractivity contribution < 1.29 is 22.4 Å². The maximum Gasteiger partial charge on any atom is 0.253 e. The Balaban J connectivity index is 1.97. The van der Waals surface area contributed by atoms with E-state index in [4.69, 9.17) is 0 Å². The Morgan fingerprint density at radius 1 is 1.10 bits per heavy atom. The van der Waals surface area contributed by atoms with Gasteiger partial charge in [-0.25, -0.2) is 12.8 Å². The van der Waals surface area contributed by atoms with E-state index in [9.17, 15) is 22.4 Å². The molecule has 0 aliphatic carbocycles. The molecule has 156 valence electrons. The van der Waals surface area contributed by atoms with Gasteiger partial charge in [0.1, 0.15) is 5.82 Å². The highest BCUT2D eigenvalue weighted by atomic mass is 32.2. The number of thioether (sulfide) groups is 1. The van der Waals surface area contributed by atoms with E-state index in [-0.39, 0.29) is 23.0 Å². The van der Waals surface area contributed by atoms with Crippen molar-refractivity contribution in [2.75, 3.05) is 28.6 Å². The van der Waals surface area contributed by atoms with Crippen molar-refractivity contribution >= 4 is 45.0 Å². The minimum absolute atomic E-state index is 0.105. The molecule has 0 saturated carbocycles. The highest BCUT2D eigenvalue weighted by Crippen LogP contribution is 2.22. The third kappa shape index (κ3) is 8.12. The van der Waals surface area contributed by atoms with Crippen LogP contribution in [0.2, 0.25) is 0 Å². The minimum Gasteiger partial charge on any atom is -0.352 e. The zero-order chi connectivity index (χ0) is 21.4. The van der Waals surface area contributed by atoms with Gasteiger partial charge in [-0.15, -0.1) is 11.8 Å². The first kappa shape index (κ1) is 22.7. The number of rotatable bonds is 9. The number of anilines is 2. The molecule has 2 aromatic carbocycles. The number of hydrogen-bond acceptors (Lipinski definition) is 5. The number of carbonyl (C=O) groups excluding carboxylic acids is 2. The third-order valence-corrected chi connectivity index (χ3v) is 5.26. The topological polar surface area (TPSA) is 104 Å². The number of benzene rings is 2. The van der Waals surface area contributed by atoms with Crippen molar-refractivity contribution in [2.24, 2.45) is 0 Å². The predicted molar refractivity (Wildman–Crippen MR) is 113 cm³/mol. The molecule has 0 aliphatic rings.